The molecule has 0 amide bonds. The van der Waals surface area contributed by atoms with Crippen molar-refractivity contribution in [2.45, 2.75) is 11.8 Å². The van der Waals surface area contributed by atoms with Crippen LogP contribution < -0.4 is 10.4 Å². The van der Waals surface area contributed by atoms with Crippen LogP contribution in [0.1, 0.15) is 11.3 Å². The number of amidine groups is 1. The lowest BCUT2D eigenvalue weighted by atomic mass is 10.3. The van der Waals surface area contributed by atoms with Crippen LogP contribution in [0, 0.1) is 18.3 Å². The third kappa shape index (κ3) is 3.36. The average Bonchev–Trinajstić information content (AvgIpc) is 2.78. The number of nitrogens with one attached hydrogen (secondary N) is 2. The molecular weight excluding hydrogens is 330 g/mol. The van der Waals surface area contributed by atoms with Gasteiger partial charge < -0.3 is 10.4 Å². The molecule has 0 radical (unpaired) electrons. The summed E-state index contributed by atoms with van der Waals surface area (Å²) >= 11 is 5.66. The molecule has 0 bridgehead atoms. The quantitative estimate of drug-likeness (QED) is 0.626. The first-order valence-electron chi connectivity index (χ1n) is 5.83. The van der Waals surface area contributed by atoms with Crippen LogP contribution in [-0.2, 0) is 10.0 Å². The number of sulfonamides is 1. The Kier molecular flexibility index (Phi) is 4.35. The van der Waals surface area contributed by atoms with E-state index < -0.39 is 16.0 Å². The van der Waals surface area contributed by atoms with Crippen LogP contribution in [0.3, 0.4) is 0 Å². The van der Waals surface area contributed by atoms with E-state index in [1.807, 2.05) is 6.07 Å². The number of aryl methyl sites for hydroxylation is 1. The molecule has 1 heterocycles. The van der Waals surface area contributed by atoms with Crippen molar-refractivity contribution in [3.05, 3.63) is 40.5 Å². The number of nitriles is 1. The van der Waals surface area contributed by atoms with Gasteiger partial charge in [0.05, 0.1) is 16.6 Å². The van der Waals surface area contributed by atoms with Crippen molar-refractivity contribution in [2.24, 2.45) is 4.40 Å². The number of H-pyrrole nitrogens is 1. The van der Waals surface area contributed by atoms with Crippen molar-refractivity contribution in [1.29, 1.82) is 5.26 Å². The zero-order chi connectivity index (χ0) is 16.3. The summed E-state index contributed by atoms with van der Waals surface area (Å²) < 4.78 is 27.0. The lowest BCUT2D eigenvalue weighted by Crippen LogP contribution is -2.28. The topological polar surface area (TPSA) is 134 Å². The number of nitrogens with zero attached hydrogens (tertiary/aromatic N) is 3. The van der Waals surface area contributed by atoms with Gasteiger partial charge in [-0.3, -0.25) is 5.10 Å². The van der Waals surface area contributed by atoms with E-state index in [9.17, 15) is 13.5 Å². The molecule has 2 rings (SSSR count). The van der Waals surface area contributed by atoms with Crippen LogP contribution in [0.25, 0.3) is 0 Å². The molecule has 1 aromatic carbocycles. The molecule has 8 nitrogen and oxygen atoms in total. The van der Waals surface area contributed by atoms with Crippen LogP contribution in [0.5, 0.6) is 0 Å². The number of aromatic nitrogens is 2. The molecule has 1 aromatic heterocycles. The Morgan fingerprint density at radius 3 is 2.68 bits per heavy atom. The lowest BCUT2D eigenvalue weighted by Gasteiger charge is -2.11. The minimum atomic E-state index is -4.18. The molecule has 0 aliphatic carbocycles. The highest BCUT2D eigenvalue weighted by molar-refractivity contribution is 7.90. The number of benzene rings is 1. The molecule has 0 saturated carbocycles. The zero-order valence-corrected chi connectivity index (χ0v) is 12.7. The molecule has 0 unspecified atom stereocenters. The Bertz CT molecular complexity index is 865. The maximum absolute atomic E-state index is 11.9. The van der Waals surface area contributed by atoms with E-state index in [-0.39, 0.29) is 16.3 Å². The van der Waals surface area contributed by atoms with Gasteiger partial charge >= 0.3 is 0 Å². The first kappa shape index (κ1) is 15.8. The van der Waals surface area contributed by atoms with Gasteiger partial charge in [0, 0.05) is 5.02 Å². The third-order valence-electron chi connectivity index (χ3n) is 2.60. The van der Waals surface area contributed by atoms with Gasteiger partial charge in [-0.15, -0.1) is 0 Å². The van der Waals surface area contributed by atoms with Crippen molar-refractivity contribution in [1.82, 2.24) is 10.2 Å². The summed E-state index contributed by atoms with van der Waals surface area (Å²) in [5.74, 6) is -0.0833. The minimum Gasteiger partial charge on any atom is -0.845 e. The highest BCUT2D eigenvalue weighted by Crippen LogP contribution is 2.17. The molecule has 10 heteroatoms. The van der Waals surface area contributed by atoms with Gasteiger partial charge in [-0.2, -0.15) is 23.2 Å². The smallest absolute Gasteiger partial charge is 0.283 e. The SMILES string of the molecule is Cc1[nH]nc(N/C([O-])=N/S(=O)(=O)c2ccc(Cl)cc2)c1C#N. The lowest BCUT2D eigenvalue weighted by molar-refractivity contribution is -0.213. The van der Waals surface area contributed by atoms with Gasteiger partial charge in [0.2, 0.25) is 0 Å². The van der Waals surface area contributed by atoms with Crippen LogP contribution in [0.2, 0.25) is 5.02 Å². The number of aromatic amines is 1. The zero-order valence-electron chi connectivity index (χ0n) is 11.2. The summed E-state index contributed by atoms with van der Waals surface area (Å²) in [6, 6.07) is 5.88. The monoisotopic (exact) mass is 338 g/mol. The Balaban J connectivity index is 2.28. The van der Waals surface area contributed by atoms with Crippen molar-refractivity contribution in [2.75, 3.05) is 5.32 Å². The van der Waals surface area contributed by atoms with E-state index in [0.29, 0.717) is 10.7 Å². The first-order valence-corrected chi connectivity index (χ1v) is 7.65. The summed E-state index contributed by atoms with van der Waals surface area (Å²) in [6.07, 6.45) is 0. The van der Waals surface area contributed by atoms with Gasteiger partial charge in [-0.05, 0) is 31.2 Å². The second-order valence-electron chi connectivity index (χ2n) is 4.13. The second kappa shape index (κ2) is 6.05. The predicted octanol–water partition coefficient (Wildman–Crippen LogP) is 0.760. The summed E-state index contributed by atoms with van der Waals surface area (Å²) in [7, 11) is -4.18. The maximum Gasteiger partial charge on any atom is 0.283 e. The van der Waals surface area contributed by atoms with Crippen LogP contribution in [-0.4, -0.2) is 24.6 Å². The summed E-state index contributed by atoms with van der Waals surface area (Å²) in [5, 5.41) is 29.3. The Morgan fingerprint density at radius 1 is 1.45 bits per heavy atom. The minimum absolute atomic E-state index is 0.0833. The number of anilines is 1. The van der Waals surface area contributed by atoms with Crippen molar-refractivity contribution < 1.29 is 13.5 Å². The van der Waals surface area contributed by atoms with Crippen LogP contribution in [0.15, 0.2) is 33.6 Å². The van der Waals surface area contributed by atoms with Gasteiger partial charge in [-0.1, -0.05) is 11.6 Å². The van der Waals surface area contributed by atoms with Gasteiger partial charge in [0.1, 0.15) is 11.6 Å². The molecular formula is C12H9ClN5O3S-. The second-order valence-corrected chi connectivity index (χ2v) is 6.17. The highest BCUT2D eigenvalue weighted by atomic mass is 35.5. The first-order chi connectivity index (χ1) is 10.3. The largest absolute Gasteiger partial charge is 0.845 e. The summed E-state index contributed by atoms with van der Waals surface area (Å²) in [5.41, 5.74) is 0.547. The Labute approximate surface area is 131 Å². The van der Waals surface area contributed by atoms with Crippen molar-refractivity contribution in [3.63, 3.8) is 0 Å². The van der Waals surface area contributed by atoms with Gasteiger partial charge in [0.25, 0.3) is 10.0 Å². The maximum atomic E-state index is 11.9. The van der Waals surface area contributed by atoms with E-state index in [2.05, 4.69) is 19.9 Å². The van der Waals surface area contributed by atoms with Crippen molar-refractivity contribution in [3.8, 4) is 6.07 Å². The molecule has 0 saturated heterocycles. The van der Waals surface area contributed by atoms with E-state index in [4.69, 9.17) is 16.9 Å². The Morgan fingerprint density at radius 2 is 2.09 bits per heavy atom. The van der Waals surface area contributed by atoms with E-state index in [1.165, 1.54) is 24.3 Å². The summed E-state index contributed by atoms with van der Waals surface area (Å²) in [4.78, 5) is -0.175. The van der Waals surface area contributed by atoms with Crippen molar-refractivity contribution >= 4 is 33.5 Å². The fourth-order valence-corrected chi connectivity index (χ4v) is 2.52. The molecule has 0 spiro atoms. The van der Waals surface area contributed by atoms with E-state index in [1.54, 1.807) is 6.92 Å². The fourth-order valence-electron chi connectivity index (χ4n) is 1.55. The predicted molar refractivity (Wildman–Crippen MR) is 77.7 cm³/mol. The van der Waals surface area contributed by atoms with E-state index >= 15 is 0 Å². The number of hydrogen-bond acceptors (Lipinski definition) is 5. The molecule has 114 valence electrons. The standard InChI is InChI=1S/C12H10ClN5O3S/c1-7-10(6-14)11(17-16-7)15-12(19)18-22(20,21)9-4-2-8(13)3-5-9/h2-5H,1H3,(H3,15,16,17,18,19)/p-1. The van der Waals surface area contributed by atoms with Crippen LogP contribution >= 0.6 is 11.6 Å². The van der Waals surface area contributed by atoms with Gasteiger partial charge in [-0.25, -0.2) is 0 Å². The molecule has 22 heavy (non-hydrogen) atoms. The molecule has 0 aliphatic rings. The average molecular weight is 339 g/mol. The molecule has 0 atom stereocenters. The van der Waals surface area contributed by atoms with Crippen LogP contribution in [0.4, 0.5) is 5.82 Å². The summed E-state index contributed by atoms with van der Waals surface area (Å²) in [6.45, 7) is 1.59. The number of rotatable bonds is 3. The number of hydrogen-bond donors (Lipinski definition) is 2. The molecule has 2 aromatic rings. The van der Waals surface area contributed by atoms with E-state index in [0.717, 1.165) is 0 Å². The third-order valence-corrected chi connectivity index (χ3v) is 4.12. The molecule has 0 aliphatic heterocycles. The highest BCUT2D eigenvalue weighted by Gasteiger charge is 2.13. The molecule has 2 N–H and O–H groups in total. The Hall–Kier alpha value is -2.57. The number of halogens is 1. The fraction of sp³-hybridized carbons (Fsp3) is 0.0833. The normalized spacial score (nSPS) is 12.0. The van der Waals surface area contributed by atoms with Gasteiger partial charge in [0.15, 0.2) is 5.82 Å². The molecule has 0 fully saturated rings.